The number of rotatable bonds is 4. The highest BCUT2D eigenvalue weighted by atomic mass is 32.2. The van der Waals surface area contributed by atoms with Gasteiger partial charge in [0.1, 0.15) is 5.82 Å². The van der Waals surface area contributed by atoms with Crippen LogP contribution in [0.15, 0.2) is 29.6 Å². The third-order valence-corrected chi connectivity index (χ3v) is 3.46. The lowest BCUT2D eigenvalue weighted by Gasteiger charge is -2.11. The van der Waals surface area contributed by atoms with Gasteiger partial charge in [-0.3, -0.25) is 0 Å². The Balaban J connectivity index is 2.59. The molecule has 0 unspecified atom stereocenters. The number of hydrogen-bond donors (Lipinski definition) is 0. The van der Waals surface area contributed by atoms with E-state index in [1.807, 2.05) is 6.26 Å². The van der Waals surface area contributed by atoms with Gasteiger partial charge in [-0.2, -0.15) is 0 Å². The van der Waals surface area contributed by atoms with E-state index in [0.717, 1.165) is 0 Å². The van der Waals surface area contributed by atoms with E-state index in [-0.39, 0.29) is 18.1 Å². The van der Waals surface area contributed by atoms with E-state index >= 15 is 0 Å². The van der Waals surface area contributed by atoms with E-state index in [4.69, 9.17) is 4.74 Å². The average molecular weight is 306 g/mol. The first-order valence-corrected chi connectivity index (χ1v) is 7.64. The van der Waals surface area contributed by atoms with E-state index in [0.29, 0.717) is 21.8 Å². The zero-order chi connectivity index (χ0) is 15.4. The fourth-order valence-electron chi connectivity index (χ4n) is 1.95. The number of carbonyl (C=O) groups is 1. The van der Waals surface area contributed by atoms with Gasteiger partial charge in [0.2, 0.25) is 0 Å². The van der Waals surface area contributed by atoms with Gasteiger partial charge < -0.3 is 4.74 Å². The summed E-state index contributed by atoms with van der Waals surface area (Å²) in [6, 6.07) is 4.37. The van der Waals surface area contributed by atoms with Gasteiger partial charge in [-0.15, -0.1) is 0 Å². The number of ether oxygens (including phenoxy) is 1. The molecule has 4 nitrogen and oxygen atoms in total. The Morgan fingerprint density at radius 3 is 2.76 bits per heavy atom. The lowest BCUT2D eigenvalue weighted by atomic mass is 10.0. The number of nitrogens with zero attached hydrogens (tertiary/aromatic N) is 2. The zero-order valence-electron chi connectivity index (χ0n) is 12.0. The third kappa shape index (κ3) is 3.39. The first-order chi connectivity index (χ1) is 10.1. The van der Waals surface area contributed by atoms with Gasteiger partial charge >= 0.3 is 5.97 Å². The summed E-state index contributed by atoms with van der Waals surface area (Å²) >= 11 is 1.34. The molecule has 0 atom stereocenters. The summed E-state index contributed by atoms with van der Waals surface area (Å²) in [6.45, 7) is 3.77. The highest BCUT2D eigenvalue weighted by Crippen LogP contribution is 2.27. The van der Waals surface area contributed by atoms with Crippen LogP contribution in [-0.4, -0.2) is 28.8 Å². The third-order valence-electron chi connectivity index (χ3n) is 2.90. The number of halogens is 1. The number of benzene rings is 1. The lowest BCUT2D eigenvalue weighted by Crippen LogP contribution is -2.10. The van der Waals surface area contributed by atoms with Gasteiger partial charge in [0.25, 0.3) is 0 Å². The molecule has 0 saturated carbocycles. The fraction of sp³-hybridized carbons (Fsp3) is 0.267. The van der Waals surface area contributed by atoms with E-state index < -0.39 is 5.97 Å². The Hall–Kier alpha value is -1.95. The SMILES string of the molecule is CCOC(=O)c1nc(SC)ncc1-c1ccc(F)cc1C. The summed E-state index contributed by atoms with van der Waals surface area (Å²) < 4.78 is 18.3. The second-order valence-electron chi connectivity index (χ2n) is 4.30. The van der Waals surface area contributed by atoms with Gasteiger partial charge in [-0.1, -0.05) is 17.8 Å². The van der Waals surface area contributed by atoms with Crippen LogP contribution in [-0.2, 0) is 4.74 Å². The second kappa shape index (κ2) is 6.67. The van der Waals surface area contributed by atoms with Crippen molar-refractivity contribution in [2.75, 3.05) is 12.9 Å². The molecule has 0 aliphatic carbocycles. The summed E-state index contributed by atoms with van der Waals surface area (Å²) in [5, 5.41) is 0.488. The fourth-order valence-corrected chi connectivity index (χ4v) is 2.29. The second-order valence-corrected chi connectivity index (χ2v) is 5.07. The van der Waals surface area contributed by atoms with Gasteiger partial charge in [-0.05, 0) is 43.4 Å². The minimum Gasteiger partial charge on any atom is -0.461 e. The lowest BCUT2D eigenvalue weighted by molar-refractivity contribution is 0.0519. The highest BCUT2D eigenvalue weighted by Gasteiger charge is 2.19. The van der Waals surface area contributed by atoms with Crippen LogP contribution in [0.1, 0.15) is 23.0 Å². The average Bonchev–Trinajstić information content (AvgIpc) is 2.47. The van der Waals surface area contributed by atoms with Crippen molar-refractivity contribution in [1.82, 2.24) is 9.97 Å². The molecular weight excluding hydrogens is 291 g/mol. The predicted molar refractivity (Wildman–Crippen MR) is 79.9 cm³/mol. The Labute approximate surface area is 126 Å². The maximum Gasteiger partial charge on any atom is 0.357 e. The Morgan fingerprint density at radius 1 is 1.38 bits per heavy atom. The van der Waals surface area contributed by atoms with Gasteiger partial charge in [-0.25, -0.2) is 19.2 Å². The molecule has 2 rings (SSSR count). The minimum absolute atomic E-state index is 0.200. The van der Waals surface area contributed by atoms with Crippen LogP contribution >= 0.6 is 11.8 Å². The Kier molecular flexibility index (Phi) is 4.90. The summed E-state index contributed by atoms with van der Waals surface area (Å²) in [4.78, 5) is 20.5. The molecule has 1 aromatic heterocycles. The van der Waals surface area contributed by atoms with Crippen LogP contribution in [0.3, 0.4) is 0 Å². The van der Waals surface area contributed by atoms with Crippen molar-refractivity contribution in [1.29, 1.82) is 0 Å². The molecule has 0 N–H and O–H groups in total. The maximum absolute atomic E-state index is 13.2. The summed E-state index contributed by atoms with van der Waals surface area (Å²) in [6.07, 6.45) is 3.40. The Morgan fingerprint density at radius 2 is 2.14 bits per heavy atom. The van der Waals surface area contributed by atoms with E-state index in [2.05, 4.69) is 9.97 Å². The van der Waals surface area contributed by atoms with E-state index in [1.54, 1.807) is 26.1 Å². The van der Waals surface area contributed by atoms with Gasteiger partial charge in [0.15, 0.2) is 10.9 Å². The van der Waals surface area contributed by atoms with Crippen LogP contribution in [0.25, 0.3) is 11.1 Å². The quantitative estimate of drug-likeness (QED) is 0.492. The van der Waals surface area contributed by atoms with Crippen LogP contribution in [0.2, 0.25) is 0 Å². The number of hydrogen-bond acceptors (Lipinski definition) is 5. The first kappa shape index (κ1) is 15.4. The molecule has 1 aromatic carbocycles. The molecule has 0 amide bonds. The molecule has 0 aliphatic rings. The molecular formula is C15H15FN2O2S. The summed E-state index contributed by atoms with van der Waals surface area (Å²) in [5.74, 6) is -0.829. The molecule has 110 valence electrons. The van der Waals surface area contributed by atoms with Crippen molar-refractivity contribution in [3.8, 4) is 11.1 Å². The number of aryl methyl sites for hydroxylation is 1. The van der Waals surface area contributed by atoms with E-state index in [1.165, 1.54) is 23.9 Å². The molecule has 2 aromatic rings. The number of esters is 1. The van der Waals surface area contributed by atoms with Crippen molar-refractivity contribution in [2.24, 2.45) is 0 Å². The molecule has 0 fully saturated rings. The molecule has 1 heterocycles. The first-order valence-electron chi connectivity index (χ1n) is 6.41. The minimum atomic E-state index is -0.506. The number of carbonyl (C=O) groups excluding carboxylic acids is 1. The molecule has 0 radical (unpaired) electrons. The van der Waals surface area contributed by atoms with Crippen LogP contribution < -0.4 is 0 Å². The number of thioether (sulfide) groups is 1. The largest absolute Gasteiger partial charge is 0.461 e. The van der Waals surface area contributed by atoms with Crippen LogP contribution in [0, 0.1) is 12.7 Å². The monoisotopic (exact) mass is 306 g/mol. The standard InChI is InChI=1S/C15H15FN2O2S/c1-4-20-14(19)13-12(8-17-15(18-13)21-3)11-6-5-10(16)7-9(11)2/h5-8H,4H2,1-3H3. The molecule has 0 bridgehead atoms. The van der Waals surface area contributed by atoms with Crippen molar-refractivity contribution < 1.29 is 13.9 Å². The molecule has 0 aliphatic heterocycles. The molecule has 0 spiro atoms. The molecule has 0 saturated heterocycles. The highest BCUT2D eigenvalue weighted by molar-refractivity contribution is 7.98. The van der Waals surface area contributed by atoms with Crippen molar-refractivity contribution >= 4 is 17.7 Å². The van der Waals surface area contributed by atoms with E-state index in [9.17, 15) is 9.18 Å². The predicted octanol–water partition coefficient (Wildman–Crippen LogP) is 3.49. The molecule has 21 heavy (non-hydrogen) atoms. The summed E-state index contributed by atoms with van der Waals surface area (Å²) in [7, 11) is 0. The van der Waals surface area contributed by atoms with Gasteiger partial charge in [0, 0.05) is 11.8 Å². The van der Waals surface area contributed by atoms with Crippen molar-refractivity contribution in [2.45, 2.75) is 19.0 Å². The smallest absolute Gasteiger partial charge is 0.357 e. The van der Waals surface area contributed by atoms with Crippen molar-refractivity contribution in [3.63, 3.8) is 0 Å². The molecule has 6 heteroatoms. The zero-order valence-corrected chi connectivity index (χ0v) is 12.8. The van der Waals surface area contributed by atoms with Gasteiger partial charge in [0.05, 0.1) is 6.61 Å². The normalized spacial score (nSPS) is 10.5. The van der Waals surface area contributed by atoms with Crippen LogP contribution in [0.4, 0.5) is 4.39 Å². The summed E-state index contributed by atoms with van der Waals surface area (Å²) in [5.41, 5.74) is 2.17. The number of aromatic nitrogens is 2. The topological polar surface area (TPSA) is 52.1 Å². The van der Waals surface area contributed by atoms with Crippen LogP contribution in [0.5, 0.6) is 0 Å². The van der Waals surface area contributed by atoms with Crippen molar-refractivity contribution in [3.05, 3.63) is 41.5 Å². The Bertz CT molecular complexity index is 677. The maximum atomic E-state index is 13.2.